The Kier molecular flexibility index (Phi) is 4.29. The predicted molar refractivity (Wildman–Crippen MR) is 69.5 cm³/mol. The number of benzene rings is 1. The quantitative estimate of drug-likeness (QED) is 0.668. The molecule has 18 heavy (non-hydrogen) atoms. The molecule has 0 saturated carbocycles. The third-order valence-electron chi connectivity index (χ3n) is 2.58. The van der Waals surface area contributed by atoms with E-state index in [1.54, 1.807) is 6.07 Å². The van der Waals surface area contributed by atoms with Gasteiger partial charge in [-0.25, -0.2) is 8.78 Å². The molecule has 1 atom stereocenters. The van der Waals surface area contributed by atoms with Gasteiger partial charge in [0.15, 0.2) is 0 Å². The fourth-order valence-corrected chi connectivity index (χ4v) is 2.79. The highest BCUT2D eigenvalue weighted by molar-refractivity contribution is 7.16. The van der Waals surface area contributed by atoms with Gasteiger partial charge in [-0.3, -0.25) is 11.3 Å². The Hall–Kier alpha value is -1.01. The predicted octanol–water partition coefficient (Wildman–Crippen LogP) is 3.43. The Balaban J connectivity index is 2.20. The number of thiophene rings is 1. The summed E-state index contributed by atoms with van der Waals surface area (Å²) in [6.07, 6.45) is 0.333. The molecule has 2 aromatic rings. The Morgan fingerprint density at radius 3 is 2.61 bits per heavy atom. The van der Waals surface area contributed by atoms with Crippen molar-refractivity contribution in [3.05, 3.63) is 56.7 Å². The summed E-state index contributed by atoms with van der Waals surface area (Å²) in [7, 11) is 0. The van der Waals surface area contributed by atoms with Crippen LogP contribution in [0, 0.1) is 11.6 Å². The van der Waals surface area contributed by atoms with Crippen LogP contribution in [0.2, 0.25) is 4.34 Å². The molecule has 0 amide bonds. The second kappa shape index (κ2) is 5.75. The van der Waals surface area contributed by atoms with E-state index in [9.17, 15) is 8.78 Å². The summed E-state index contributed by atoms with van der Waals surface area (Å²) in [5.74, 6) is 4.30. The Morgan fingerprint density at radius 1 is 1.28 bits per heavy atom. The van der Waals surface area contributed by atoms with Crippen LogP contribution in [0.15, 0.2) is 30.3 Å². The molecule has 0 bridgehead atoms. The molecular weight excluding hydrogens is 278 g/mol. The Bertz CT molecular complexity index is 545. The normalized spacial score (nSPS) is 12.7. The highest BCUT2D eigenvalue weighted by Crippen LogP contribution is 2.29. The van der Waals surface area contributed by atoms with E-state index in [1.165, 1.54) is 23.5 Å². The third kappa shape index (κ3) is 3.05. The standard InChI is InChI=1S/C12H11ClF2N2S/c13-12-4-3-11(18-12)10(17-16)5-7-1-2-8(14)6-9(7)15/h1-4,6,10,17H,5,16H2. The first-order valence-corrected chi connectivity index (χ1v) is 6.45. The van der Waals surface area contributed by atoms with Crippen molar-refractivity contribution in [1.82, 2.24) is 5.43 Å². The number of rotatable bonds is 4. The summed E-state index contributed by atoms with van der Waals surface area (Å²) in [6.45, 7) is 0. The molecule has 2 rings (SSSR count). The third-order valence-corrected chi connectivity index (χ3v) is 3.92. The minimum Gasteiger partial charge on any atom is -0.271 e. The average Bonchev–Trinajstić information content (AvgIpc) is 2.75. The van der Waals surface area contributed by atoms with Crippen molar-refractivity contribution in [3.8, 4) is 0 Å². The molecule has 3 N–H and O–H groups in total. The zero-order valence-corrected chi connectivity index (χ0v) is 10.9. The number of hydrogen-bond donors (Lipinski definition) is 2. The lowest BCUT2D eigenvalue weighted by molar-refractivity contribution is 0.527. The first kappa shape index (κ1) is 13.4. The zero-order valence-electron chi connectivity index (χ0n) is 9.29. The van der Waals surface area contributed by atoms with Gasteiger partial charge in [0.2, 0.25) is 0 Å². The van der Waals surface area contributed by atoms with Crippen LogP contribution >= 0.6 is 22.9 Å². The molecule has 1 aromatic carbocycles. The molecule has 96 valence electrons. The van der Waals surface area contributed by atoms with Crippen LogP contribution in [0.3, 0.4) is 0 Å². The fourth-order valence-electron chi connectivity index (χ4n) is 1.66. The van der Waals surface area contributed by atoms with E-state index in [0.717, 1.165) is 10.9 Å². The number of hydrazine groups is 1. The molecule has 1 unspecified atom stereocenters. The molecule has 0 aliphatic heterocycles. The van der Waals surface area contributed by atoms with Crippen LogP contribution in [0.25, 0.3) is 0 Å². The lowest BCUT2D eigenvalue weighted by Gasteiger charge is -2.14. The van der Waals surface area contributed by atoms with E-state index in [1.807, 2.05) is 6.07 Å². The summed E-state index contributed by atoms with van der Waals surface area (Å²) >= 11 is 7.22. The van der Waals surface area contributed by atoms with Gasteiger partial charge in [-0.15, -0.1) is 11.3 Å². The number of halogens is 3. The maximum absolute atomic E-state index is 13.5. The Labute approximate surface area is 112 Å². The average molecular weight is 289 g/mol. The molecule has 1 aromatic heterocycles. The summed E-state index contributed by atoms with van der Waals surface area (Å²) < 4.78 is 27.0. The maximum Gasteiger partial charge on any atom is 0.129 e. The molecule has 0 fully saturated rings. The molecule has 0 aliphatic carbocycles. The lowest BCUT2D eigenvalue weighted by atomic mass is 10.0. The van der Waals surface area contributed by atoms with Crippen molar-refractivity contribution in [2.75, 3.05) is 0 Å². The monoisotopic (exact) mass is 288 g/mol. The molecule has 0 saturated heterocycles. The van der Waals surface area contributed by atoms with E-state index in [2.05, 4.69) is 5.43 Å². The molecular formula is C12H11ClF2N2S. The van der Waals surface area contributed by atoms with Gasteiger partial charge in [0.05, 0.1) is 10.4 Å². The van der Waals surface area contributed by atoms with E-state index in [4.69, 9.17) is 17.4 Å². The second-order valence-electron chi connectivity index (χ2n) is 3.80. The van der Waals surface area contributed by atoms with E-state index < -0.39 is 11.6 Å². The highest BCUT2D eigenvalue weighted by Gasteiger charge is 2.15. The molecule has 1 heterocycles. The summed E-state index contributed by atoms with van der Waals surface area (Å²) in [5.41, 5.74) is 3.02. The minimum atomic E-state index is -0.590. The van der Waals surface area contributed by atoms with E-state index >= 15 is 0 Å². The smallest absolute Gasteiger partial charge is 0.129 e. The largest absolute Gasteiger partial charge is 0.271 e. The van der Waals surface area contributed by atoms with Crippen molar-refractivity contribution in [3.63, 3.8) is 0 Å². The summed E-state index contributed by atoms with van der Waals surface area (Å²) in [4.78, 5) is 0.909. The van der Waals surface area contributed by atoms with Crippen LogP contribution < -0.4 is 11.3 Å². The number of nitrogens with two attached hydrogens (primary N) is 1. The first-order valence-electron chi connectivity index (χ1n) is 5.25. The number of nitrogens with one attached hydrogen (secondary N) is 1. The van der Waals surface area contributed by atoms with Gasteiger partial charge >= 0.3 is 0 Å². The van der Waals surface area contributed by atoms with Crippen LogP contribution in [0.4, 0.5) is 8.78 Å². The lowest BCUT2D eigenvalue weighted by Crippen LogP contribution is -2.29. The first-order chi connectivity index (χ1) is 8.60. The van der Waals surface area contributed by atoms with Gasteiger partial charge in [-0.05, 0) is 30.2 Å². The second-order valence-corrected chi connectivity index (χ2v) is 5.55. The topological polar surface area (TPSA) is 38.0 Å². The van der Waals surface area contributed by atoms with Crippen molar-refractivity contribution in [1.29, 1.82) is 0 Å². The van der Waals surface area contributed by atoms with E-state index in [0.29, 0.717) is 16.3 Å². The van der Waals surface area contributed by atoms with Crippen LogP contribution in [0.1, 0.15) is 16.5 Å². The SMILES string of the molecule is NNC(Cc1ccc(F)cc1F)c1ccc(Cl)s1. The van der Waals surface area contributed by atoms with Crippen molar-refractivity contribution >= 4 is 22.9 Å². The maximum atomic E-state index is 13.5. The molecule has 0 spiro atoms. The fraction of sp³-hybridized carbons (Fsp3) is 0.167. The van der Waals surface area contributed by atoms with Gasteiger partial charge in [0, 0.05) is 10.9 Å². The highest BCUT2D eigenvalue weighted by atomic mass is 35.5. The zero-order chi connectivity index (χ0) is 13.1. The van der Waals surface area contributed by atoms with Crippen LogP contribution in [-0.4, -0.2) is 0 Å². The molecule has 0 aliphatic rings. The van der Waals surface area contributed by atoms with E-state index in [-0.39, 0.29) is 6.04 Å². The summed E-state index contributed by atoms with van der Waals surface area (Å²) in [5, 5.41) is 0. The molecule has 6 heteroatoms. The Morgan fingerprint density at radius 2 is 2.06 bits per heavy atom. The number of hydrogen-bond acceptors (Lipinski definition) is 3. The van der Waals surface area contributed by atoms with Gasteiger partial charge < -0.3 is 0 Å². The van der Waals surface area contributed by atoms with Crippen molar-refractivity contribution < 1.29 is 8.78 Å². The van der Waals surface area contributed by atoms with Gasteiger partial charge in [-0.1, -0.05) is 17.7 Å². The van der Waals surface area contributed by atoms with Crippen molar-refractivity contribution in [2.45, 2.75) is 12.5 Å². The van der Waals surface area contributed by atoms with Crippen LogP contribution in [0.5, 0.6) is 0 Å². The van der Waals surface area contributed by atoms with Gasteiger partial charge in [-0.2, -0.15) is 0 Å². The van der Waals surface area contributed by atoms with Crippen LogP contribution in [-0.2, 0) is 6.42 Å². The molecule has 2 nitrogen and oxygen atoms in total. The summed E-state index contributed by atoms with van der Waals surface area (Å²) in [6, 6.07) is 6.86. The molecule has 0 radical (unpaired) electrons. The van der Waals surface area contributed by atoms with Gasteiger partial charge in [0.25, 0.3) is 0 Å². The van der Waals surface area contributed by atoms with Crippen molar-refractivity contribution in [2.24, 2.45) is 5.84 Å². The minimum absolute atomic E-state index is 0.248. The van der Waals surface area contributed by atoms with Gasteiger partial charge in [0.1, 0.15) is 11.6 Å².